The van der Waals surface area contributed by atoms with Crippen LogP contribution in [0, 0.1) is 0 Å². The quantitative estimate of drug-likeness (QED) is 0.878. The van der Waals surface area contributed by atoms with Crippen LogP contribution in [-0.2, 0) is 16.7 Å². The summed E-state index contributed by atoms with van der Waals surface area (Å²) in [5.74, 6) is -0.125. The van der Waals surface area contributed by atoms with Crippen molar-refractivity contribution >= 4 is 11.8 Å². The van der Waals surface area contributed by atoms with E-state index in [1.807, 2.05) is 6.07 Å². The first kappa shape index (κ1) is 20.1. The number of aromatic nitrogens is 2. The van der Waals surface area contributed by atoms with Gasteiger partial charge in [-0.1, -0.05) is 20.8 Å². The summed E-state index contributed by atoms with van der Waals surface area (Å²) in [6.45, 7) is 9.07. The molecule has 1 aliphatic rings. The molecule has 28 heavy (non-hydrogen) atoms. The lowest BCUT2D eigenvalue weighted by atomic mass is 9.92. The largest absolute Gasteiger partial charge is 0.378 e. The van der Waals surface area contributed by atoms with Gasteiger partial charge in [-0.05, 0) is 30.3 Å². The fraction of sp³-hybridized carbons (Fsp3) is 0.476. The second-order valence-electron chi connectivity index (χ2n) is 8.17. The van der Waals surface area contributed by atoms with Crippen LogP contribution in [0.1, 0.15) is 52.9 Å². The van der Waals surface area contributed by atoms with Gasteiger partial charge in [0.25, 0.3) is 11.8 Å². The van der Waals surface area contributed by atoms with Gasteiger partial charge in [-0.2, -0.15) is 5.10 Å². The molecule has 0 bridgehead atoms. The molecule has 1 saturated heterocycles. The van der Waals surface area contributed by atoms with Gasteiger partial charge in [0.1, 0.15) is 0 Å². The first-order chi connectivity index (χ1) is 13.3. The third-order valence-electron chi connectivity index (χ3n) is 4.83. The topological polar surface area (TPSA) is 78.5 Å². The van der Waals surface area contributed by atoms with Gasteiger partial charge in [-0.3, -0.25) is 14.7 Å². The Kier molecular flexibility index (Phi) is 5.84. The first-order valence-electron chi connectivity index (χ1n) is 9.53. The van der Waals surface area contributed by atoms with E-state index in [1.165, 1.54) is 0 Å². The summed E-state index contributed by atoms with van der Waals surface area (Å²) in [6.07, 6.45) is 0. The lowest BCUT2D eigenvalue weighted by Gasteiger charge is -2.27. The molecule has 0 radical (unpaired) electrons. The number of nitrogens with zero attached hydrogens (tertiary/aromatic N) is 3. The van der Waals surface area contributed by atoms with E-state index in [0.29, 0.717) is 44.0 Å². The van der Waals surface area contributed by atoms with Gasteiger partial charge in [0.2, 0.25) is 0 Å². The van der Waals surface area contributed by atoms with E-state index in [2.05, 4.69) is 31.0 Å². The Morgan fingerprint density at radius 2 is 1.75 bits per heavy atom. The monoisotopic (exact) mass is 384 g/mol. The van der Waals surface area contributed by atoms with Crippen molar-refractivity contribution in [1.29, 1.82) is 0 Å². The van der Waals surface area contributed by atoms with Crippen LogP contribution in [0.3, 0.4) is 0 Å². The number of carbonyl (C=O) groups excluding carboxylic acids is 2. The summed E-state index contributed by atoms with van der Waals surface area (Å²) in [5, 5.41) is 7.34. The maximum Gasteiger partial charge on any atom is 0.254 e. The third-order valence-corrected chi connectivity index (χ3v) is 4.83. The van der Waals surface area contributed by atoms with Crippen molar-refractivity contribution in [3.63, 3.8) is 0 Å². The SMILES string of the molecule is CN(Cc1cc(C(C)(C)C)n[nH]1)C(=O)c1ccc(C(=O)N2CCOCC2)cc1. The summed E-state index contributed by atoms with van der Waals surface area (Å²) >= 11 is 0. The Bertz CT molecular complexity index is 830. The molecule has 0 saturated carbocycles. The van der Waals surface area contributed by atoms with Gasteiger partial charge < -0.3 is 14.5 Å². The molecule has 0 spiro atoms. The second kappa shape index (κ2) is 8.14. The molecule has 0 aliphatic carbocycles. The highest BCUT2D eigenvalue weighted by Crippen LogP contribution is 2.21. The fourth-order valence-corrected chi connectivity index (χ4v) is 3.08. The predicted octanol–water partition coefficient (Wildman–Crippen LogP) is 2.45. The summed E-state index contributed by atoms with van der Waals surface area (Å²) in [7, 11) is 1.76. The normalized spacial score (nSPS) is 14.8. The summed E-state index contributed by atoms with van der Waals surface area (Å²) in [5.41, 5.74) is 2.95. The van der Waals surface area contributed by atoms with Crippen molar-refractivity contribution in [2.45, 2.75) is 32.7 Å². The molecule has 3 rings (SSSR count). The van der Waals surface area contributed by atoms with Crippen LogP contribution in [0.2, 0.25) is 0 Å². The molecule has 7 nitrogen and oxygen atoms in total. The average molecular weight is 384 g/mol. The van der Waals surface area contributed by atoms with Crippen molar-refractivity contribution in [1.82, 2.24) is 20.0 Å². The van der Waals surface area contributed by atoms with Gasteiger partial charge in [0.05, 0.1) is 31.1 Å². The van der Waals surface area contributed by atoms with Gasteiger partial charge in [0, 0.05) is 36.7 Å². The van der Waals surface area contributed by atoms with Gasteiger partial charge in [0.15, 0.2) is 0 Å². The number of carbonyl (C=O) groups is 2. The predicted molar refractivity (Wildman–Crippen MR) is 106 cm³/mol. The number of hydrogen-bond donors (Lipinski definition) is 1. The lowest BCUT2D eigenvalue weighted by Crippen LogP contribution is -2.40. The number of morpholine rings is 1. The van der Waals surface area contributed by atoms with Gasteiger partial charge in [-0.15, -0.1) is 0 Å². The Morgan fingerprint density at radius 1 is 1.14 bits per heavy atom. The highest BCUT2D eigenvalue weighted by Gasteiger charge is 2.21. The van der Waals surface area contributed by atoms with Crippen LogP contribution in [0.5, 0.6) is 0 Å². The number of H-pyrrole nitrogens is 1. The molecule has 2 aromatic rings. The van der Waals surface area contributed by atoms with Crippen LogP contribution < -0.4 is 0 Å². The zero-order valence-corrected chi connectivity index (χ0v) is 17.0. The molecule has 0 unspecified atom stereocenters. The lowest BCUT2D eigenvalue weighted by molar-refractivity contribution is 0.0303. The van der Waals surface area contributed by atoms with E-state index in [9.17, 15) is 9.59 Å². The number of amides is 2. The number of aromatic amines is 1. The van der Waals surface area contributed by atoms with Crippen molar-refractivity contribution in [2.24, 2.45) is 0 Å². The number of rotatable bonds is 4. The van der Waals surface area contributed by atoms with Crippen molar-refractivity contribution in [2.75, 3.05) is 33.4 Å². The van der Waals surface area contributed by atoms with Crippen LogP contribution in [0.25, 0.3) is 0 Å². The maximum atomic E-state index is 12.7. The van der Waals surface area contributed by atoms with E-state index < -0.39 is 0 Å². The summed E-state index contributed by atoms with van der Waals surface area (Å²) in [6, 6.07) is 8.84. The van der Waals surface area contributed by atoms with Crippen molar-refractivity contribution < 1.29 is 14.3 Å². The second-order valence-corrected chi connectivity index (χ2v) is 8.17. The molecule has 2 heterocycles. The minimum absolute atomic E-state index is 0.0252. The number of nitrogens with one attached hydrogen (secondary N) is 1. The minimum atomic E-state index is -0.0997. The van der Waals surface area contributed by atoms with E-state index in [1.54, 1.807) is 41.1 Å². The van der Waals surface area contributed by atoms with E-state index >= 15 is 0 Å². The molecule has 1 aliphatic heterocycles. The zero-order valence-electron chi connectivity index (χ0n) is 17.0. The molecular formula is C21H28N4O3. The Labute approximate surface area is 165 Å². The highest BCUT2D eigenvalue weighted by atomic mass is 16.5. The molecule has 150 valence electrons. The Morgan fingerprint density at radius 3 is 2.32 bits per heavy atom. The highest BCUT2D eigenvalue weighted by molar-refractivity contribution is 5.97. The molecule has 7 heteroatoms. The van der Waals surface area contributed by atoms with Crippen molar-refractivity contribution in [3.05, 3.63) is 52.8 Å². The molecule has 1 fully saturated rings. The van der Waals surface area contributed by atoms with Crippen molar-refractivity contribution in [3.8, 4) is 0 Å². The third kappa shape index (κ3) is 4.59. The molecule has 1 N–H and O–H groups in total. The van der Waals surface area contributed by atoms with Crippen LogP contribution in [0.4, 0.5) is 0 Å². The van der Waals surface area contributed by atoms with E-state index in [4.69, 9.17) is 4.74 Å². The molecule has 1 aromatic carbocycles. The molecule has 0 atom stereocenters. The average Bonchev–Trinajstić information content (AvgIpc) is 3.16. The van der Waals surface area contributed by atoms with E-state index in [-0.39, 0.29) is 17.2 Å². The number of ether oxygens (including phenoxy) is 1. The Balaban J connectivity index is 1.63. The smallest absolute Gasteiger partial charge is 0.254 e. The summed E-state index contributed by atoms with van der Waals surface area (Å²) in [4.78, 5) is 28.6. The molecular weight excluding hydrogens is 356 g/mol. The van der Waals surface area contributed by atoms with Crippen LogP contribution in [-0.4, -0.2) is 65.2 Å². The first-order valence-corrected chi connectivity index (χ1v) is 9.53. The standard InChI is InChI=1S/C21H28N4O3/c1-21(2,3)18-13-17(22-23-18)14-24(4)19(26)15-5-7-16(8-6-15)20(27)25-9-11-28-12-10-25/h5-8,13H,9-12,14H2,1-4H3,(H,22,23). The van der Waals surface area contributed by atoms with Gasteiger partial charge in [-0.25, -0.2) is 0 Å². The van der Waals surface area contributed by atoms with E-state index in [0.717, 1.165) is 11.4 Å². The van der Waals surface area contributed by atoms with Gasteiger partial charge >= 0.3 is 0 Å². The number of hydrogen-bond acceptors (Lipinski definition) is 4. The minimum Gasteiger partial charge on any atom is -0.378 e. The van der Waals surface area contributed by atoms with Crippen LogP contribution >= 0.6 is 0 Å². The molecule has 1 aromatic heterocycles. The molecule has 2 amide bonds. The summed E-state index contributed by atoms with van der Waals surface area (Å²) < 4.78 is 5.28. The zero-order chi connectivity index (χ0) is 20.3. The Hall–Kier alpha value is -2.67. The van der Waals surface area contributed by atoms with Crippen LogP contribution in [0.15, 0.2) is 30.3 Å². The number of benzene rings is 1. The fourth-order valence-electron chi connectivity index (χ4n) is 3.08. The maximum absolute atomic E-state index is 12.7.